The number of benzene rings is 2. The van der Waals surface area contributed by atoms with E-state index in [1.165, 1.54) is 21.1 Å². The van der Waals surface area contributed by atoms with Gasteiger partial charge in [0.2, 0.25) is 10.0 Å². The molecule has 0 saturated carbocycles. The molecule has 3 aromatic rings. The summed E-state index contributed by atoms with van der Waals surface area (Å²) in [5.41, 5.74) is 1.15. The Bertz CT molecular complexity index is 1070. The number of anilines is 1. The first-order chi connectivity index (χ1) is 13.0. The van der Waals surface area contributed by atoms with E-state index >= 15 is 0 Å². The maximum Gasteiger partial charge on any atom is 0.255 e. The first-order valence-corrected chi connectivity index (χ1v) is 11.2. The molecule has 27 heavy (non-hydrogen) atoms. The fourth-order valence-electron chi connectivity index (χ4n) is 3.28. The number of carbonyl (C=O) groups is 1. The minimum Gasteiger partial charge on any atom is -0.322 e. The highest BCUT2D eigenvalue weighted by Crippen LogP contribution is 2.25. The highest BCUT2D eigenvalue weighted by molar-refractivity contribution is 7.89. The third-order valence-corrected chi connectivity index (χ3v) is 7.59. The number of carbonyl (C=O) groups excluding carboxylic acids is 1. The van der Waals surface area contributed by atoms with Gasteiger partial charge in [-0.1, -0.05) is 6.42 Å². The van der Waals surface area contributed by atoms with Crippen LogP contribution in [0.3, 0.4) is 0 Å². The van der Waals surface area contributed by atoms with Gasteiger partial charge in [0.05, 0.1) is 4.90 Å². The predicted molar refractivity (Wildman–Crippen MR) is 109 cm³/mol. The molecular formula is C20H20N2O3S2. The van der Waals surface area contributed by atoms with Crippen LogP contribution in [0.15, 0.2) is 58.8 Å². The smallest absolute Gasteiger partial charge is 0.255 e. The summed E-state index contributed by atoms with van der Waals surface area (Å²) >= 11 is 1.65. The molecule has 140 valence electrons. The van der Waals surface area contributed by atoms with Gasteiger partial charge < -0.3 is 5.32 Å². The summed E-state index contributed by atoms with van der Waals surface area (Å²) < 4.78 is 28.1. The van der Waals surface area contributed by atoms with Crippen LogP contribution in [0.4, 0.5) is 5.69 Å². The van der Waals surface area contributed by atoms with Crippen LogP contribution in [-0.2, 0) is 10.0 Å². The molecule has 1 aliphatic heterocycles. The molecule has 0 unspecified atom stereocenters. The van der Waals surface area contributed by atoms with Crippen LogP contribution >= 0.6 is 11.3 Å². The molecule has 2 heterocycles. The number of rotatable bonds is 4. The van der Waals surface area contributed by atoms with Crippen LogP contribution in [0.25, 0.3) is 10.1 Å². The average Bonchev–Trinajstić information content (AvgIpc) is 3.16. The van der Waals surface area contributed by atoms with Crippen molar-refractivity contribution in [1.82, 2.24) is 4.31 Å². The Balaban J connectivity index is 1.50. The summed E-state index contributed by atoms with van der Waals surface area (Å²) in [6.45, 7) is 1.13. The zero-order valence-corrected chi connectivity index (χ0v) is 16.4. The van der Waals surface area contributed by atoms with Gasteiger partial charge in [0.25, 0.3) is 5.91 Å². The fourth-order valence-corrected chi connectivity index (χ4v) is 5.57. The van der Waals surface area contributed by atoms with Crippen molar-refractivity contribution < 1.29 is 13.2 Å². The predicted octanol–water partition coefficient (Wildman–Crippen LogP) is 4.33. The van der Waals surface area contributed by atoms with E-state index in [-0.39, 0.29) is 10.8 Å². The van der Waals surface area contributed by atoms with Crippen molar-refractivity contribution in [1.29, 1.82) is 0 Å². The van der Waals surface area contributed by atoms with E-state index in [1.54, 1.807) is 23.5 Å². The van der Waals surface area contributed by atoms with Crippen molar-refractivity contribution in [2.45, 2.75) is 24.2 Å². The van der Waals surface area contributed by atoms with Gasteiger partial charge in [-0.3, -0.25) is 4.79 Å². The van der Waals surface area contributed by atoms with E-state index in [9.17, 15) is 13.2 Å². The van der Waals surface area contributed by atoms with Crippen molar-refractivity contribution in [2.24, 2.45) is 0 Å². The molecule has 0 atom stereocenters. The van der Waals surface area contributed by atoms with Crippen LogP contribution in [0.5, 0.6) is 0 Å². The van der Waals surface area contributed by atoms with E-state index in [0.29, 0.717) is 18.7 Å². The second kappa shape index (κ2) is 7.42. The lowest BCUT2D eigenvalue weighted by Gasteiger charge is -2.25. The second-order valence-corrected chi connectivity index (χ2v) is 9.50. The van der Waals surface area contributed by atoms with Crippen LogP contribution in [0.1, 0.15) is 29.6 Å². The van der Waals surface area contributed by atoms with Gasteiger partial charge >= 0.3 is 0 Å². The third-order valence-electron chi connectivity index (χ3n) is 4.78. The normalized spacial score (nSPS) is 15.7. The molecule has 0 bridgehead atoms. The van der Waals surface area contributed by atoms with Crippen LogP contribution in [0, 0.1) is 0 Å². The van der Waals surface area contributed by atoms with Crippen molar-refractivity contribution in [3.8, 4) is 0 Å². The Labute approximate surface area is 162 Å². The Morgan fingerprint density at radius 3 is 2.44 bits per heavy atom. The largest absolute Gasteiger partial charge is 0.322 e. The molecule has 0 aliphatic carbocycles. The topological polar surface area (TPSA) is 66.5 Å². The highest BCUT2D eigenvalue weighted by Gasteiger charge is 2.25. The van der Waals surface area contributed by atoms with Crippen LogP contribution in [0.2, 0.25) is 0 Å². The quantitative estimate of drug-likeness (QED) is 0.709. The number of nitrogens with one attached hydrogen (secondary N) is 1. The Morgan fingerprint density at radius 1 is 0.963 bits per heavy atom. The van der Waals surface area contributed by atoms with Gasteiger partial charge in [-0.2, -0.15) is 4.31 Å². The number of hydrogen-bond donors (Lipinski definition) is 1. The first-order valence-electron chi connectivity index (χ1n) is 8.93. The molecule has 2 aromatic carbocycles. The molecular weight excluding hydrogens is 380 g/mol. The standard InChI is InChI=1S/C20H20N2O3S2/c23-20(21-17-6-9-19-16(14-17)10-13-26-19)15-4-7-18(8-5-15)27(24,25)22-11-2-1-3-12-22/h4-10,13-14H,1-3,11-12H2,(H,21,23). The van der Waals surface area contributed by atoms with E-state index in [0.717, 1.165) is 30.3 Å². The van der Waals surface area contributed by atoms with Crippen LogP contribution in [-0.4, -0.2) is 31.7 Å². The summed E-state index contributed by atoms with van der Waals surface area (Å²) in [5, 5.41) is 5.96. The van der Waals surface area contributed by atoms with Gasteiger partial charge in [-0.15, -0.1) is 11.3 Å². The molecule has 4 rings (SSSR count). The lowest BCUT2D eigenvalue weighted by molar-refractivity contribution is 0.102. The number of fused-ring (bicyclic) bond motifs is 1. The lowest BCUT2D eigenvalue weighted by Crippen LogP contribution is -2.35. The van der Waals surface area contributed by atoms with Gasteiger partial charge in [0.1, 0.15) is 0 Å². The zero-order chi connectivity index (χ0) is 18.9. The summed E-state index contributed by atoms with van der Waals surface area (Å²) in [4.78, 5) is 12.7. The third kappa shape index (κ3) is 3.76. The first kappa shape index (κ1) is 18.2. The average molecular weight is 401 g/mol. The summed E-state index contributed by atoms with van der Waals surface area (Å²) in [5.74, 6) is -0.258. The van der Waals surface area contributed by atoms with Gasteiger partial charge in [-0.05, 0) is 72.1 Å². The van der Waals surface area contributed by atoms with Crippen molar-refractivity contribution in [3.05, 3.63) is 59.5 Å². The molecule has 7 heteroatoms. The fraction of sp³-hybridized carbons (Fsp3) is 0.250. The maximum atomic E-state index is 12.7. The molecule has 1 N–H and O–H groups in total. The molecule has 5 nitrogen and oxygen atoms in total. The molecule has 0 radical (unpaired) electrons. The molecule has 1 amide bonds. The minimum atomic E-state index is -3.48. The van der Waals surface area contributed by atoms with E-state index in [4.69, 9.17) is 0 Å². The Kier molecular flexibility index (Phi) is 4.99. The number of hydrogen-bond acceptors (Lipinski definition) is 4. The molecule has 1 aliphatic rings. The lowest BCUT2D eigenvalue weighted by atomic mass is 10.2. The number of nitrogens with zero attached hydrogens (tertiary/aromatic N) is 1. The highest BCUT2D eigenvalue weighted by atomic mass is 32.2. The maximum absolute atomic E-state index is 12.7. The summed E-state index contributed by atoms with van der Waals surface area (Å²) in [7, 11) is -3.48. The van der Waals surface area contributed by atoms with Gasteiger partial charge in [-0.25, -0.2) is 8.42 Å². The SMILES string of the molecule is O=C(Nc1ccc2sccc2c1)c1ccc(S(=O)(=O)N2CCCCC2)cc1. The summed E-state index contributed by atoms with van der Waals surface area (Å²) in [6.07, 6.45) is 2.87. The van der Waals surface area contributed by atoms with Crippen molar-refractivity contribution in [2.75, 3.05) is 18.4 Å². The molecule has 1 saturated heterocycles. The van der Waals surface area contributed by atoms with E-state index in [1.807, 2.05) is 29.6 Å². The van der Waals surface area contributed by atoms with E-state index in [2.05, 4.69) is 5.32 Å². The summed E-state index contributed by atoms with van der Waals surface area (Å²) in [6, 6.07) is 13.9. The number of piperidine rings is 1. The minimum absolute atomic E-state index is 0.237. The monoisotopic (exact) mass is 400 g/mol. The molecule has 1 aromatic heterocycles. The van der Waals surface area contributed by atoms with Crippen molar-refractivity contribution >= 4 is 43.0 Å². The van der Waals surface area contributed by atoms with E-state index < -0.39 is 10.0 Å². The number of sulfonamides is 1. The zero-order valence-electron chi connectivity index (χ0n) is 14.7. The van der Waals surface area contributed by atoms with Gasteiger partial charge in [0.15, 0.2) is 0 Å². The number of amides is 1. The Morgan fingerprint density at radius 2 is 1.70 bits per heavy atom. The second-order valence-electron chi connectivity index (χ2n) is 6.62. The molecule has 1 fully saturated rings. The number of thiophene rings is 1. The van der Waals surface area contributed by atoms with Crippen LogP contribution < -0.4 is 5.32 Å². The molecule has 0 spiro atoms. The van der Waals surface area contributed by atoms with Gasteiger partial charge in [0, 0.05) is 29.0 Å². The Hall–Kier alpha value is -2.22. The van der Waals surface area contributed by atoms with Crippen molar-refractivity contribution in [3.63, 3.8) is 0 Å².